The van der Waals surface area contributed by atoms with Gasteiger partial charge < -0.3 is 39.8 Å². The summed E-state index contributed by atoms with van der Waals surface area (Å²) >= 11 is 0. The second-order valence-electron chi connectivity index (χ2n) is 6.16. The molecule has 3 unspecified atom stereocenters. The van der Waals surface area contributed by atoms with Crippen LogP contribution in [0.25, 0.3) is 0 Å². The summed E-state index contributed by atoms with van der Waals surface area (Å²) in [7, 11) is 0. The summed E-state index contributed by atoms with van der Waals surface area (Å²) in [6.45, 7) is -0.347. The molecule has 0 saturated heterocycles. The normalized spacial score (nSPS) is 15.0. The lowest BCUT2D eigenvalue weighted by molar-refractivity contribution is -0.172. The maximum atomic E-state index is 11.9. The number of esters is 2. The van der Waals surface area contributed by atoms with Crippen molar-refractivity contribution in [3.05, 3.63) is 0 Å². The van der Waals surface area contributed by atoms with Gasteiger partial charge in [-0.3, -0.25) is 14.4 Å². The third-order valence-electron chi connectivity index (χ3n) is 3.50. The molecule has 0 aliphatic carbocycles. The number of hydrogen-bond donors (Lipinski definition) is 5. The number of carbonyl (C=O) groups is 5. The second-order valence-corrected chi connectivity index (χ2v) is 6.16. The van der Waals surface area contributed by atoms with Gasteiger partial charge in [-0.25, -0.2) is 4.79 Å². The van der Waals surface area contributed by atoms with Crippen molar-refractivity contribution in [2.75, 3.05) is 19.8 Å². The molecular formula is C16H24O12. The van der Waals surface area contributed by atoms with Gasteiger partial charge in [0.15, 0.2) is 5.60 Å². The predicted molar refractivity (Wildman–Crippen MR) is 87.9 cm³/mol. The molecule has 0 aliphatic heterocycles. The summed E-state index contributed by atoms with van der Waals surface area (Å²) in [5.74, 6) is -7.01. The number of carboxylic acid groups (broad SMARTS) is 2. The van der Waals surface area contributed by atoms with E-state index in [1.165, 1.54) is 6.92 Å². The van der Waals surface area contributed by atoms with Crippen LogP contribution in [0, 0.1) is 5.92 Å². The van der Waals surface area contributed by atoms with Crippen molar-refractivity contribution >= 4 is 29.7 Å². The van der Waals surface area contributed by atoms with Crippen LogP contribution in [0.15, 0.2) is 0 Å². The van der Waals surface area contributed by atoms with Crippen molar-refractivity contribution in [2.24, 2.45) is 5.92 Å². The third-order valence-corrected chi connectivity index (χ3v) is 3.50. The maximum Gasteiger partial charge on any atom is 0.336 e. The Morgan fingerprint density at radius 3 is 2.11 bits per heavy atom. The summed E-state index contributed by atoms with van der Waals surface area (Å²) < 4.78 is 9.46. The molecule has 0 fully saturated rings. The first-order valence-corrected chi connectivity index (χ1v) is 8.19. The van der Waals surface area contributed by atoms with E-state index in [0.29, 0.717) is 0 Å². The van der Waals surface area contributed by atoms with Crippen LogP contribution in [-0.2, 0) is 33.4 Å². The topological polar surface area (TPSA) is 205 Å². The quantitative estimate of drug-likeness (QED) is 0.200. The van der Waals surface area contributed by atoms with Gasteiger partial charge in [0.05, 0.1) is 32.0 Å². The third kappa shape index (κ3) is 9.94. The van der Waals surface area contributed by atoms with E-state index in [9.17, 15) is 29.1 Å². The number of aliphatic hydroxyl groups is 3. The van der Waals surface area contributed by atoms with Crippen LogP contribution in [0.3, 0.4) is 0 Å². The van der Waals surface area contributed by atoms with Gasteiger partial charge in [-0.1, -0.05) is 0 Å². The molecule has 0 saturated carbocycles. The van der Waals surface area contributed by atoms with Crippen molar-refractivity contribution in [3.8, 4) is 0 Å². The summed E-state index contributed by atoms with van der Waals surface area (Å²) in [6, 6.07) is 0. The van der Waals surface area contributed by atoms with Crippen molar-refractivity contribution < 1.29 is 59.0 Å². The maximum absolute atomic E-state index is 11.9. The monoisotopic (exact) mass is 408 g/mol. The average Bonchev–Trinajstić information content (AvgIpc) is 2.56. The van der Waals surface area contributed by atoms with Crippen LogP contribution < -0.4 is 0 Å². The number of carboxylic acids is 2. The van der Waals surface area contributed by atoms with Crippen LogP contribution in [-0.4, -0.2) is 86.7 Å². The molecule has 5 N–H and O–H groups in total. The van der Waals surface area contributed by atoms with Gasteiger partial charge in [-0.2, -0.15) is 0 Å². The smallest absolute Gasteiger partial charge is 0.336 e. The van der Waals surface area contributed by atoms with Gasteiger partial charge in [0.1, 0.15) is 18.5 Å². The lowest BCUT2D eigenvalue weighted by atomic mass is 9.96. The molecule has 0 spiro atoms. The number of aliphatic carboxylic acids is 2. The van der Waals surface area contributed by atoms with Gasteiger partial charge in [-0.05, 0) is 13.3 Å². The first kappa shape index (κ1) is 25.4. The molecule has 12 nitrogen and oxygen atoms in total. The van der Waals surface area contributed by atoms with E-state index < -0.39 is 74.2 Å². The second kappa shape index (κ2) is 12.0. The molecule has 28 heavy (non-hydrogen) atoms. The zero-order chi connectivity index (χ0) is 21.9. The van der Waals surface area contributed by atoms with Crippen LogP contribution >= 0.6 is 0 Å². The molecule has 0 radical (unpaired) electrons. The SMILES string of the molecule is CC(=O)CC(CCOC(=O)CC(O)(CC(=O)O)C(=O)O)C(=O)OCC(O)CO. The fraction of sp³-hybridized carbons (Fsp3) is 0.688. The number of ether oxygens (including phenoxy) is 2. The molecule has 0 aromatic heterocycles. The summed E-state index contributed by atoms with van der Waals surface area (Å²) in [5, 5.41) is 45.1. The van der Waals surface area contributed by atoms with Gasteiger partial charge in [0.2, 0.25) is 0 Å². The fourth-order valence-electron chi connectivity index (χ4n) is 2.07. The van der Waals surface area contributed by atoms with Crippen LogP contribution in [0.1, 0.15) is 32.6 Å². The Labute approximate surface area is 159 Å². The molecule has 160 valence electrons. The Kier molecular flexibility index (Phi) is 10.9. The molecule has 0 aromatic rings. The van der Waals surface area contributed by atoms with Crippen LogP contribution in [0.5, 0.6) is 0 Å². The van der Waals surface area contributed by atoms with Gasteiger partial charge in [0.25, 0.3) is 0 Å². The van der Waals surface area contributed by atoms with E-state index in [1.54, 1.807) is 0 Å². The van der Waals surface area contributed by atoms with E-state index >= 15 is 0 Å². The Hall–Kier alpha value is -2.57. The number of aliphatic hydroxyl groups excluding tert-OH is 2. The largest absolute Gasteiger partial charge is 0.481 e. The fourth-order valence-corrected chi connectivity index (χ4v) is 2.07. The van der Waals surface area contributed by atoms with Crippen molar-refractivity contribution in [3.63, 3.8) is 0 Å². The molecule has 0 bridgehead atoms. The Morgan fingerprint density at radius 2 is 1.64 bits per heavy atom. The van der Waals surface area contributed by atoms with Crippen LogP contribution in [0.2, 0.25) is 0 Å². The zero-order valence-corrected chi connectivity index (χ0v) is 15.2. The zero-order valence-electron chi connectivity index (χ0n) is 15.2. The van der Waals surface area contributed by atoms with Crippen molar-refractivity contribution in [1.29, 1.82) is 0 Å². The van der Waals surface area contributed by atoms with Gasteiger partial charge in [0, 0.05) is 6.42 Å². The van der Waals surface area contributed by atoms with E-state index in [0.717, 1.165) is 0 Å². The molecule has 0 amide bonds. The minimum atomic E-state index is -2.85. The number of ketones is 1. The molecule has 0 aromatic carbocycles. The van der Waals surface area contributed by atoms with E-state index in [2.05, 4.69) is 0 Å². The van der Waals surface area contributed by atoms with E-state index in [1.807, 2.05) is 0 Å². The van der Waals surface area contributed by atoms with Crippen molar-refractivity contribution in [1.82, 2.24) is 0 Å². The Bertz CT molecular complexity index is 586. The lowest BCUT2D eigenvalue weighted by Crippen LogP contribution is -2.43. The number of Topliss-reactive ketones (excluding diaryl/α,β-unsaturated/α-hetero) is 1. The minimum Gasteiger partial charge on any atom is -0.481 e. The lowest BCUT2D eigenvalue weighted by Gasteiger charge is -2.20. The molecule has 0 rings (SSSR count). The highest BCUT2D eigenvalue weighted by molar-refractivity contribution is 5.88. The first-order chi connectivity index (χ1) is 12.9. The molecule has 12 heteroatoms. The van der Waals surface area contributed by atoms with E-state index in [-0.39, 0.29) is 18.6 Å². The summed E-state index contributed by atoms with van der Waals surface area (Å²) in [6.07, 6.45) is -4.06. The average molecular weight is 408 g/mol. The highest BCUT2D eigenvalue weighted by Gasteiger charge is 2.41. The molecule has 0 aliphatic rings. The highest BCUT2D eigenvalue weighted by atomic mass is 16.5. The van der Waals surface area contributed by atoms with E-state index in [4.69, 9.17) is 29.9 Å². The predicted octanol–water partition coefficient (Wildman–Crippen LogP) is -1.91. The highest BCUT2D eigenvalue weighted by Crippen LogP contribution is 2.18. The number of rotatable bonds is 14. The number of hydrogen-bond acceptors (Lipinski definition) is 10. The number of carbonyl (C=O) groups excluding carboxylic acids is 3. The van der Waals surface area contributed by atoms with Gasteiger partial charge in [-0.15, -0.1) is 0 Å². The Balaban J connectivity index is 4.71. The minimum absolute atomic E-state index is 0.177. The Morgan fingerprint density at radius 1 is 1.04 bits per heavy atom. The summed E-state index contributed by atoms with van der Waals surface area (Å²) in [5.41, 5.74) is -2.85. The molecule has 3 atom stereocenters. The summed E-state index contributed by atoms with van der Waals surface area (Å²) in [4.78, 5) is 56.5. The van der Waals surface area contributed by atoms with Gasteiger partial charge >= 0.3 is 23.9 Å². The standard InChI is InChI=1S/C16H24O12/c1-9(18)4-10(14(23)28-8-11(19)7-17)2-3-27-13(22)6-16(26,15(24)25)5-12(20)21/h10-11,17,19,26H,2-8H2,1H3,(H,20,21)(H,24,25). The molecule has 0 heterocycles. The van der Waals surface area contributed by atoms with Crippen molar-refractivity contribution in [2.45, 2.75) is 44.3 Å². The first-order valence-electron chi connectivity index (χ1n) is 8.19. The van der Waals surface area contributed by atoms with Crippen LogP contribution in [0.4, 0.5) is 0 Å². The molecular weight excluding hydrogens is 384 g/mol.